The van der Waals surface area contributed by atoms with Crippen LogP contribution in [0, 0.1) is 18.3 Å². The Kier molecular flexibility index (Phi) is 6.03. The Hall–Kier alpha value is -3.60. The van der Waals surface area contributed by atoms with Gasteiger partial charge in [-0.25, -0.2) is 4.52 Å². The van der Waals surface area contributed by atoms with Gasteiger partial charge in [-0.3, -0.25) is 9.59 Å². The van der Waals surface area contributed by atoms with Gasteiger partial charge in [0.2, 0.25) is 5.91 Å². The average molecular weight is 419 g/mol. The number of fused-ring (bicyclic) bond motifs is 1. The predicted molar refractivity (Wildman–Crippen MR) is 115 cm³/mol. The molecule has 160 valence electrons. The highest BCUT2D eigenvalue weighted by atomic mass is 16.5. The van der Waals surface area contributed by atoms with Crippen LogP contribution in [0.3, 0.4) is 0 Å². The van der Waals surface area contributed by atoms with E-state index in [-0.39, 0.29) is 17.6 Å². The summed E-state index contributed by atoms with van der Waals surface area (Å²) in [5.41, 5.74) is 1.96. The molecule has 1 fully saturated rings. The minimum Gasteiger partial charge on any atom is -0.490 e. The van der Waals surface area contributed by atoms with E-state index in [0.29, 0.717) is 49.3 Å². The van der Waals surface area contributed by atoms with Gasteiger partial charge < -0.3 is 14.6 Å². The molecule has 8 heteroatoms. The number of hydrogen-bond donors (Lipinski definition) is 1. The standard InChI is InChI=1S/C23H25N5O3/c1-16-13-20-23(30)25-21(26-28(20)15-16)3-2-4-22(29)27-11-9-19(10-12-27)31-18-7-5-17(14-24)6-8-18/h5-8,13,15,19H,2-4,9-12H2,1H3,(H,25,26,30). The Balaban J connectivity index is 1.23. The fraction of sp³-hybridized carbons (Fsp3) is 0.391. The highest BCUT2D eigenvalue weighted by molar-refractivity contribution is 5.76. The normalized spacial score (nSPS) is 14.5. The monoisotopic (exact) mass is 419 g/mol. The molecule has 3 aromatic rings. The van der Waals surface area contributed by atoms with Crippen LogP contribution in [0.2, 0.25) is 0 Å². The number of H-pyrrole nitrogens is 1. The van der Waals surface area contributed by atoms with Gasteiger partial charge in [0.05, 0.1) is 11.6 Å². The Labute approximate surface area is 180 Å². The molecule has 1 aliphatic rings. The third kappa shape index (κ3) is 4.94. The summed E-state index contributed by atoms with van der Waals surface area (Å²) in [5.74, 6) is 1.47. The number of aryl methyl sites for hydroxylation is 2. The maximum atomic E-state index is 12.6. The summed E-state index contributed by atoms with van der Waals surface area (Å²) < 4.78 is 7.58. The molecule has 0 unspecified atom stereocenters. The van der Waals surface area contributed by atoms with E-state index < -0.39 is 0 Å². The van der Waals surface area contributed by atoms with Crippen molar-refractivity contribution >= 4 is 11.4 Å². The first-order valence-electron chi connectivity index (χ1n) is 10.5. The van der Waals surface area contributed by atoms with Crippen molar-refractivity contribution in [2.45, 2.75) is 45.1 Å². The van der Waals surface area contributed by atoms with E-state index in [0.717, 1.165) is 24.2 Å². The number of ether oxygens (including phenoxy) is 1. The second-order valence-electron chi connectivity index (χ2n) is 7.94. The van der Waals surface area contributed by atoms with E-state index in [1.165, 1.54) is 0 Å². The number of rotatable bonds is 6. The predicted octanol–water partition coefficient (Wildman–Crippen LogP) is 2.60. The lowest BCUT2D eigenvalue weighted by atomic mass is 10.1. The number of benzene rings is 1. The van der Waals surface area contributed by atoms with Crippen molar-refractivity contribution in [1.29, 1.82) is 5.26 Å². The lowest BCUT2D eigenvalue weighted by molar-refractivity contribution is -0.133. The van der Waals surface area contributed by atoms with Crippen LogP contribution in [0.25, 0.3) is 5.52 Å². The third-order valence-corrected chi connectivity index (χ3v) is 5.54. The average Bonchev–Trinajstić information content (AvgIpc) is 3.15. The number of likely N-dealkylation sites (tertiary alicyclic amines) is 1. The SMILES string of the molecule is Cc1cc2c(=O)[nH]c(CCCC(=O)N3CCC(Oc4ccc(C#N)cc4)CC3)nn2c1. The number of nitrogens with one attached hydrogen (secondary N) is 1. The number of carbonyl (C=O) groups is 1. The summed E-state index contributed by atoms with van der Waals surface area (Å²) in [5, 5.41) is 13.3. The van der Waals surface area contributed by atoms with Crippen LogP contribution in [0.5, 0.6) is 5.75 Å². The van der Waals surface area contributed by atoms with Crippen LogP contribution in [-0.4, -0.2) is 44.6 Å². The van der Waals surface area contributed by atoms with Crippen LogP contribution in [0.1, 0.15) is 42.6 Å². The maximum Gasteiger partial charge on any atom is 0.275 e. The van der Waals surface area contributed by atoms with Crippen molar-refractivity contribution in [2.75, 3.05) is 13.1 Å². The molecule has 31 heavy (non-hydrogen) atoms. The number of piperidine rings is 1. The van der Waals surface area contributed by atoms with Crippen molar-refractivity contribution in [2.24, 2.45) is 0 Å². The molecule has 0 bridgehead atoms. The van der Waals surface area contributed by atoms with Crippen LogP contribution < -0.4 is 10.3 Å². The first-order valence-corrected chi connectivity index (χ1v) is 10.5. The molecule has 4 rings (SSSR count). The number of nitrogens with zero attached hydrogens (tertiary/aromatic N) is 4. The van der Waals surface area contributed by atoms with Gasteiger partial charge in [0.1, 0.15) is 23.2 Å². The summed E-state index contributed by atoms with van der Waals surface area (Å²) in [6, 6.07) is 11.0. The van der Waals surface area contributed by atoms with Crippen LogP contribution >= 0.6 is 0 Å². The first-order chi connectivity index (χ1) is 15.0. The third-order valence-electron chi connectivity index (χ3n) is 5.54. The molecule has 0 aliphatic carbocycles. The van der Waals surface area contributed by atoms with Crippen LogP contribution in [0.4, 0.5) is 0 Å². The Morgan fingerprint density at radius 2 is 2.03 bits per heavy atom. The number of hydrogen-bond acceptors (Lipinski definition) is 5. The molecule has 0 radical (unpaired) electrons. The van der Waals surface area contributed by atoms with Crippen LogP contribution in [0.15, 0.2) is 41.3 Å². The molecule has 8 nitrogen and oxygen atoms in total. The molecule has 1 aromatic carbocycles. The van der Waals surface area contributed by atoms with Gasteiger partial charge in [-0.2, -0.15) is 10.4 Å². The number of nitriles is 1. The van der Waals surface area contributed by atoms with Gasteiger partial charge in [0.15, 0.2) is 0 Å². The Bertz CT molecular complexity index is 1160. The van der Waals surface area contributed by atoms with Crippen molar-refractivity contribution in [3.63, 3.8) is 0 Å². The minimum atomic E-state index is -0.159. The summed E-state index contributed by atoms with van der Waals surface area (Å²) in [4.78, 5) is 29.4. The van der Waals surface area contributed by atoms with E-state index in [9.17, 15) is 9.59 Å². The second-order valence-corrected chi connectivity index (χ2v) is 7.94. The highest BCUT2D eigenvalue weighted by Gasteiger charge is 2.23. The van der Waals surface area contributed by atoms with Crippen LogP contribution in [-0.2, 0) is 11.2 Å². The summed E-state index contributed by atoms with van der Waals surface area (Å²) in [6.45, 7) is 3.26. The fourth-order valence-electron chi connectivity index (χ4n) is 3.89. The lowest BCUT2D eigenvalue weighted by Gasteiger charge is -2.32. The van der Waals surface area contributed by atoms with Gasteiger partial charge in [-0.1, -0.05) is 0 Å². The molecular formula is C23H25N5O3. The summed E-state index contributed by atoms with van der Waals surface area (Å²) in [6.07, 6.45) is 5.07. The van der Waals surface area contributed by atoms with E-state index in [2.05, 4.69) is 16.2 Å². The summed E-state index contributed by atoms with van der Waals surface area (Å²) >= 11 is 0. The molecule has 1 aliphatic heterocycles. The topological polar surface area (TPSA) is 103 Å². The van der Waals surface area contributed by atoms with E-state index in [4.69, 9.17) is 10.00 Å². The van der Waals surface area contributed by atoms with Gasteiger partial charge in [-0.15, -0.1) is 0 Å². The van der Waals surface area contributed by atoms with E-state index in [1.54, 1.807) is 34.8 Å². The largest absolute Gasteiger partial charge is 0.490 e. The maximum absolute atomic E-state index is 12.6. The zero-order valence-electron chi connectivity index (χ0n) is 17.5. The first kappa shape index (κ1) is 20.7. The Morgan fingerprint density at radius 3 is 2.74 bits per heavy atom. The zero-order chi connectivity index (χ0) is 21.8. The molecule has 1 saturated heterocycles. The smallest absolute Gasteiger partial charge is 0.275 e. The van der Waals surface area contributed by atoms with Gasteiger partial charge >= 0.3 is 0 Å². The zero-order valence-corrected chi connectivity index (χ0v) is 17.5. The fourth-order valence-corrected chi connectivity index (χ4v) is 3.89. The van der Waals surface area contributed by atoms with Gasteiger partial charge in [0, 0.05) is 45.0 Å². The van der Waals surface area contributed by atoms with Gasteiger partial charge in [0.25, 0.3) is 5.56 Å². The quantitative estimate of drug-likeness (QED) is 0.661. The molecule has 1 amide bonds. The van der Waals surface area contributed by atoms with Crippen molar-refractivity contribution < 1.29 is 9.53 Å². The van der Waals surface area contributed by atoms with Crippen molar-refractivity contribution in [3.8, 4) is 11.8 Å². The molecule has 0 saturated carbocycles. The lowest BCUT2D eigenvalue weighted by Crippen LogP contribution is -2.41. The van der Waals surface area contributed by atoms with E-state index in [1.807, 2.05) is 18.0 Å². The molecular weight excluding hydrogens is 394 g/mol. The molecule has 0 atom stereocenters. The molecule has 1 N–H and O–H groups in total. The van der Waals surface area contributed by atoms with Crippen molar-refractivity contribution in [3.05, 3.63) is 63.8 Å². The minimum absolute atomic E-state index is 0.0722. The number of carbonyl (C=O) groups excluding carboxylic acids is 1. The van der Waals surface area contributed by atoms with Gasteiger partial charge in [-0.05, 0) is 49.2 Å². The number of amides is 1. The van der Waals surface area contributed by atoms with E-state index >= 15 is 0 Å². The molecule has 0 spiro atoms. The molecule has 3 heterocycles. The number of aromatic nitrogens is 3. The molecule has 2 aromatic heterocycles. The Morgan fingerprint density at radius 1 is 1.29 bits per heavy atom. The second kappa shape index (κ2) is 9.04. The highest BCUT2D eigenvalue weighted by Crippen LogP contribution is 2.20. The van der Waals surface area contributed by atoms with Crippen molar-refractivity contribution in [1.82, 2.24) is 19.5 Å². The number of aromatic amines is 1. The summed E-state index contributed by atoms with van der Waals surface area (Å²) in [7, 11) is 0.